The maximum atomic E-state index is 11.3. The molecule has 9 nitrogen and oxygen atoms in total. The molecule has 1 saturated heterocycles. The molecule has 0 bridgehead atoms. The normalized spacial score (nSPS) is 20.1. The fourth-order valence-corrected chi connectivity index (χ4v) is 6.63. The Morgan fingerprint density at radius 2 is 1.28 bits per heavy atom. The van der Waals surface area contributed by atoms with E-state index in [1.165, 1.54) is 17.9 Å². The number of carbonyl (C=O) groups is 1. The van der Waals surface area contributed by atoms with Crippen LogP contribution in [0.1, 0.15) is 48.4 Å². The summed E-state index contributed by atoms with van der Waals surface area (Å²) in [6, 6.07) is 38.6. The Bertz CT molecular complexity index is 1770. The van der Waals surface area contributed by atoms with E-state index < -0.39 is 30.7 Å². The van der Waals surface area contributed by atoms with Gasteiger partial charge in [0.1, 0.15) is 24.4 Å². The Kier molecular flexibility index (Phi) is 15.0. The molecule has 1 aromatic heterocycles. The molecule has 280 valence electrons. The topological polar surface area (TPSA) is 100 Å². The predicted octanol–water partition coefficient (Wildman–Crippen LogP) is 7.53. The van der Waals surface area contributed by atoms with E-state index in [-0.39, 0.29) is 12.5 Å². The summed E-state index contributed by atoms with van der Waals surface area (Å²) in [7, 11) is 0. The summed E-state index contributed by atoms with van der Waals surface area (Å²) in [6.07, 6.45) is 2.45. The number of hydrogen-bond acceptors (Lipinski definition) is 7. The van der Waals surface area contributed by atoms with E-state index in [0.717, 1.165) is 41.5 Å². The van der Waals surface area contributed by atoms with Crippen LogP contribution >= 0.6 is 0 Å². The van der Waals surface area contributed by atoms with Crippen molar-refractivity contribution < 1.29 is 33.2 Å². The van der Waals surface area contributed by atoms with E-state index in [1.54, 1.807) is 0 Å². The molecule has 0 radical (unpaired) electrons. The van der Waals surface area contributed by atoms with Gasteiger partial charge in [-0.25, -0.2) is 0 Å². The van der Waals surface area contributed by atoms with Crippen molar-refractivity contribution in [1.29, 1.82) is 0 Å². The van der Waals surface area contributed by atoms with Gasteiger partial charge in [0.25, 0.3) is 0 Å². The average molecular weight is 721 g/mol. The number of unbranched alkanes of at least 4 members (excludes halogenated alkanes) is 2. The van der Waals surface area contributed by atoms with E-state index in [1.807, 2.05) is 79.0 Å². The highest BCUT2D eigenvalue weighted by atomic mass is 16.7. The number of amides is 1. The van der Waals surface area contributed by atoms with Gasteiger partial charge in [-0.2, -0.15) is 0 Å². The number of hydrogen-bond donors (Lipinski definition) is 2. The molecule has 1 amide bonds. The zero-order valence-electron chi connectivity index (χ0n) is 30.6. The highest BCUT2D eigenvalue weighted by Gasteiger charge is 2.49. The van der Waals surface area contributed by atoms with Crippen LogP contribution in [0.25, 0.3) is 10.9 Å². The van der Waals surface area contributed by atoms with Crippen LogP contribution < -0.4 is 5.32 Å². The van der Waals surface area contributed by atoms with E-state index in [4.69, 9.17) is 28.4 Å². The molecule has 1 aliphatic heterocycles. The zero-order valence-corrected chi connectivity index (χ0v) is 30.6. The molecule has 53 heavy (non-hydrogen) atoms. The molecule has 6 rings (SSSR count). The van der Waals surface area contributed by atoms with Gasteiger partial charge in [-0.15, -0.1) is 0 Å². The first-order valence-electron chi connectivity index (χ1n) is 18.7. The van der Waals surface area contributed by atoms with Gasteiger partial charge in [0, 0.05) is 37.2 Å². The number of rotatable bonds is 21. The smallest absolute Gasteiger partial charge is 0.216 e. The molecule has 2 N–H and O–H groups in total. The Morgan fingerprint density at radius 3 is 1.96 bits per heavy atom. The van der Waals surface area contributed by atoms with Gasteiger partial charge in [0.05, 0.1) is 33.0 Å². The van der Waals surface area contributed by atoms with Gasteiger partial charge < -0.3 is 38.7 Å². The minimum absolute atomic E-state index is 0.0181. The Balaban J connectivity index is 1.23. The Hall–Kier alpha value is -4.35. The third kappa shape index (κ3) is 11.8. The molecule has 5 aromatic rings. The number of fused-ring (bicyclic) bond motifs is 1. The van der Waals surface area contributed by atoms with Crippen LogP contribution in [0.5, 0.6) is 0 Å². The summed E-state index contributed by atoms with van der Waals surface area (Å²) in [6.45, 7) is 4.53. The second-order valence-corrected chi connectivity index (χ2v) is 13.4. The standard InChI is InChI=1S/C44H52N2O7/c1-33(47)45-25-14-5-15-26-49-43-42(52-31-36-20-10-4-11-21-36)41(51-30-35-18-8-3-9-19-35)40(32-48-29-34-16-6-2-7-17-34)53-44(43)50-27-24-37-28-46-39-23-13-12-22-38(37)39/h2-4,6-13,16-23,28,40-44,46H,5,14-15,24-27,29-32H2,1H3,(H,45,47)/t40-,41-,42+,43-,44-/m1/s1. The van der Waals surface area contributed by atoms with Gasteiger partial charge in [-0.3, -0.25) is 4.79 Å². The van der Waals surface area contributed by atoms with Crippen molar-refractivity contribution >= 4 is 16.8 Å². The zero-order chi connectivity index (χ0) is 36.5. The van der Waals surface area contributed by atoms with Crippen LogP contribution in [-0.4, -0.2) is 68.0 Å². The van der Waals surface area contributed by atoms with Crippen LogP contribution in [0, 0.1) is 0 Å². The Morgan fingerprint density at radius 1 is 0.660 bits per heavy atom. The molecule has 2 heterocycles. The predicted molar refractivity (Wildman–Crippen MR) is 205 cm³/mol. The summed E-state index contributed by atoms with van der Waals surface area (Å²) in [4.78, 5) is 14.7. The lowest BCUT2D eigenvalue weighted by molar-refractivity contribution is -0.326. The number of ether oxygens (including phenoxy) is 6. The van der Waals surface area contributed by atoms with Gasteiger partial charge in [0.2, 0.25) is 5.91 Å². The number of H-pyrrole nitrogens is 1. The molecule has 0 saturated carbocycles. The molecule has 9 heteroatoms. The number of nitrogens with one attached hydrogen (secondary N) is 2. The minimum atomic E-state index is -0.734. The van der Waals surface area contributed by atoms with Gasteiger partial charge in [0.15, 0.2) is 6.29 Å². The first-order valence-corrected chi connectivity index (χ1v) is 18.7. The van der Waals surface area contributed by atoms with Crippen LogP contribution in [0.2, 0.25) is 0 Å². The molecule has 1 aliphatic rings. The third-order valence-corrected chi connectivity index (χ3v) is 9.39. The van der Waals surface area contributed by atoms with Crippen molar-refractivity contribution in [2.24, 2.45) is 0 Å². The average Bonchev–Trinajstić information content (AvgIpc) is 3.60. The fourth-order valence-electron chi connectivity index (χ4n) is 6.63. The molecular weight excluding hydrogens is 668 g/mol. The second-order valence-electron chi connectivity index (χ2n) is 13.4. The van der Waals surface area contributed by atoms with Crippen molar-refractivity contribution in [2.75, 3.05) is 26.4 Å². The van der Waals surface area contributed by atoms with Crippen molar-refractivity contribution in [3.63, 3.8) is 0 Å². The molecule has 5 atom stereocenters. The number of benzene rings is 4. The first-order chi connectivity index (χ1) is 26.1. The van der Waals surface area contributed by atoms with Crippen molar-refractivity contribution in [2.45, 2.75) is 83.1 Å². The lowest BCUT2D eigenvalue weighted by Gasteiger charge is -2.46. The lowest BCUT2D eigenvalue weighted by atomic mass is 9.97. The second kappa shape index (κ2) is 20.8. The largest absolute Gasteiger partial charge is 0.374 e. The summed E-state index contributed by atoms with van der Waals surface area (Å²) in [5.41, 5.74) is 5.45. The quantitative estimate of drug-likeness (QED) is 0.0757. The van der Waals surface area contributed by atoms with E-state index >= 15 is 0 Å². The SMILES string of the molecule is CC(=O)NCCCCCO[C@H]1[C@H](OCCc2c[nH]c3ccccc23)O[C@H](COCc2ccccc2)[C@@H](OCc2ccccc2)[C@@H]1OCc1ccccc1. The molecule has 0 unspecified atom stereocenters. The molecule has 0 spiro atoms. The first kappa shape index (κ1) is 38.4. The van der Waals surface area contributed by atoms with E-state index in [0.29, 0.717) is 46.0 Å². The number of carbonyl (C=O) groups excluding carboxylic acids is 1. The van der Waals surface area contributed by atoms with Crippen molar-refractivity contribution in [3.05, 3.63) is 144 Å². The maximum absolute atomic E-state index is 11.3. The number of aromatic nitrogens is 1. The Labute approximate surface area is 312 Å². The number of aromatic amines is 1. The third-order valence-electron chi connectivity index (χ3n) is 9.39. The summed E-state index contributed by atoms with van der Waals surface area (Å²) < 4.78 is 40.0. The summed E-state index contributed by atoms with van der Waals surface area (Å²) >= 11 is 0. The molecule has 1 fully saturated rings. The highest BCUT2D eigenvalue weighted by molar-refractivity contribution is 5.83. The monoisotopic (exact) mass is 720 g/mol. The molecular formula is C44H52N2O7. The summed E-state index contributed by atoms with van der Waals surface area (Å²) in [5.74, 6) is -0.0181. The number of para-hydroxylation sites is 1. The van der Waals surface area contributed by atoms with E-state index in [9.17, 15) is 4.79 Å². The van der Waals surface area contributed by atoms with Crippen LogP contribution in [0.15, 0.2) is 121 Å². The van der Waals surface area contributed by atoms with Crippen LogP contribution in [-0.2, 0) is 59.5 Å². The van der Waals surface area contributed by atoms with Crippen LogP contribution in [0.3, 0.4) is 0 Å². The van der Waals surface area contributed by atoms with Gasteiger partial charge in [-0.1, -0.05) is 109 Å². The summed E-state index contributed by atoms with van der Waals surface area (Å²) in [5, 5.41) is 4.05. The van der Waals surface area contributed by atoms with E-state index in [2.05, 4.69) is 52.8 Å². The van der Waals surface area contributed by atoms with Crippen molar-refractivity contribution in [3.8, 4) is 0 Å². The molecule has 4 aromatic carbocycles. The van der Waals surface area contributed by atoms with Gasteiger partial charge in [-0.05, 0) is 54.0 Å². The fraction of sp³-hybridized carbons (Fsp3) is 0.386. The minimum Gasteiger partial charge on any atom is -0.374 e. The highest BCUT2D eigenvalue weighted by Crippen LogP contribution is 2.32. The van der Waals surface area contributed by atoms with Crippen LogP contribution in [0.4, 0.5) is 0 Å². The lowest BCUT2D eigenvalue weighted by Crippen LogP contribution is -2.62. The maximum Gasteiger partial charge on any atom is 0.216 e. The van der Waals surface area contributed by atoms with Gasteiger partial charge >= 0.3 is 0 Å². The molecule has 0 aliphatic carbocycles. The van der Waals surface area contributed by atoms with Crippen molar-refractivity contribution in [1.82, 2.24) is 10.3 Å².